The zero-order valence-corrected chi connectivity index (χ0v) is 12.1. The molecule has 2 N–H and O–H groups in total. The Bertz CT molecular complexity index is 556. The molecular weight excluding hydrogens is 312 g/mol. The van der Waals surface area contributed by atoms with E-state index in [1.165, 1.54) is 11.1 Å². The molecule has 0 amide bonds. The molecule has 2 heterocycles. The van der Waals surface area contributed by atoms with Gasteiger partial charge in [0.2, 0.25) is 0 Å². The van der Waals surface area contributed by atoms with E-state index in [0.29, 0.717) is 0 Å². The zero-order chi connectivity index (χ0) is 12.5. The Morgan fingerprint density at radius 2 is 2.39 bits per heavy atom. The fraction of sp³-hybridized carbons (Fsp3) is 0.308. The molecule has 1 atom stereocenters. The Labute approximate surface area is 118 Å². The first-order valence-corrected chi connectivity index (χ1v) is 7.49. The summed E-state index contributed by atoms with van der Waals surface area (Å²) < 4.78 is 6.81. The minimum absolute atomic E-state index is 0.0138. The largest absolute Gasteiger partial charge is 0.493 e. The molecular formula is C13H13BrN2OS. The van der Waals surface area contributed by atoms with E-state index < -0.39 is 0 Å². The van der Waals surface area contributed by atoms with Gasteiger partial charge in [0.05, 0.1) is 12.1 Å². The molecule has 1 aromatic carbocycles. The summed E-state index contributed by atoms with van der Waals surface area (Å²) in [7, 11) is 0. The Morgan fingerprint density at radius 1 is 1.50 bits per heavy atom. The molecule has 1 aliphatic heterocycles. The minimum Gasteiger partial charge on any atom is -0.493 e. The van der Waals surface area contributed by atoms with Crippen molar-refractivity contribution in [2.75, 3.05) is 6.61 Å². The number of benzene rings is 1. The first kappa shape index (κ1) is 12.1. The summed E-state index contributed by atoms with van der Waals surface area (Å²) in [5.41, 5.74) is 10.5. The monoisotopic (exact) mass is 324 g/mol. The van der Waals surface area contributed by atoms with Crippen molar-refractivity contribution in [2.45, 2.75) is 18.9 Å². The molecule has 94 valence electrons. The van der Waals surface area contributed by atoms with Crippen molar-refractivity contribution in [1.29, 1.82) is 0 Å². The quantitative estimate of drug-likeness (QED) is 0.943. The van der Waals surface area contributed by atoms with Gasteiger partial charge in [-0.2, -0.15) is 0 Å². The molecule has 0 radical (unpaired) electrons. The van der Waals surface area contributed by atoms with Crippen molar-refractivity contribution in [1.82, 2.24) is 4.98 Å². The predicted molar refractivity (Wildman–Crippen MR) is 76.1 cm³/mol. The van der Waals surface area contributed by atoms with E-state index in [1.807, 2.05) is 11.7 Å². The summed E-state index contributed by atoms with van der Waals surface area (Å²) in [5.74, 6) is 1.03. The van der Waals surface area contributed by atoms with Gasteiger partial charge in [-0.3, -0.25) is 4.98 Å². The molecule has 1 aliphatic rings. The summed E-state index contributed by atoms with van der Waals surface area (Å²) in [6, 6.07) is 4.22. The highest BCUT2D eigenvalue weighted by Crippen LogP contribution is 2.35. The molecule has 3 rings (SSSR count). The molecule has 0 fully saturated rings. The van der Waals surface area contributed by atoms with Crippen LogP contribution in [0.5, 0.6) is 5.75 Å². The smallest absolute Gasteiger partial charge is 0.125 e. The molecule has 2 aromatic rings. The number of aromatic nitrogens is 1. The van der Waals surface area contributed by atoms with Crippen LogP contribution in [-0.4, -0.2) is 11.6 Å². The fourth-order valence-corrected chi connectivity index (χ4v) is 3.42. The van der Waals surface area contributed by atoms with Gasteiger partial charge in [0.1, 0.15) is 5.75 Å². The average Bonchev–Trinajstić information content (AvgIpc) is 2.98. The summed E-state index contributed by atoms with van der Waals surface area (Å²) in [6.45, 7) is 0.772. The van der Waals surface area contributed by atoms with Crippen LogP contribution in [0.25, 0.3) is 0 Å². The van der Waals surface area contributed by atoms with E-state index in [2.05, 4.69) is 33.0 Å². The standard InChI is InChI=1S/C13H13BrN2OS/c14-10-3-8-1-2-17-13(8)9(4-10)5-11(15)12-6-16-7-18-12/h3-4,6-7,11H,1-2,5,15H2. The van der Waals surface area contributed by atoms with Crippen molar-refractivity contribution in [2.24, 2.45) is 5.73 Å². The second-order valence-electron chi connectivity index (χ2n) is 4.37. The van der Waals surface area contributed by atoms with E-state index in [1.54, 1.807) is 11.3 Å². The summed E-state index contributed by atoms with van der Waals surface area (Å²) >= 11 is 5.15. The van der Waals surface area contributed by atoms with E-state index in [-0.39, 0.29) is 6.04 Å². The van der Waals surface area contributed by atoms with Crippen LogP contribution >= 0.6 is 27.3 Å². The first-order valence-electron chi connectivity index (χ1n) is 5.82. The SMILES string of the molecule is NC(Cc1cc(Br)cc2c1OCC2)c1cncs1. The summed E-state index contributed by atoms with van der Waals surface area (Å²) in [4.78, 5) is 5.19. The second-order valence-corrected chi connectivity index (χ2v) is 6.20. The highest BCUT2D eigenvalue weighted by atomic mass is 79.9. The van der Waals surface area contributed by atoms with Crippen LogP contribution < -0.4 is 10.5 Å². The highest BCUT2D eigenvalue weighted by Gasteiger charge is 2.19. The lowest BCUT2D eigenvalue weighted by Gasteiger charge is -2.13. The van der Waals surface area contributed by atoms with E-state index in [4.69, 9.17) is 10.5 Å². The topological polar surface area (TPSA) is 48.1 Å². The van der Waals surface area contributed by atoms with Crippen LogP contribution in [0.4, 0.5) is 0 Å². The van der Waals surface area contributed by atoms with Crippen molar-refractivity contribution in [3.8, 4) is 5.75 Å². The summed E-state index contributed by atoms with van der Waals surface area (Å²) in [5, 5.41) is 0. The van der Waals surface area contributed by atoms with Crippen LogP contribution in [-0.2, 0) is 12.8 Å². The number of fused-ring (bicyclic) bond motifs is 1. The Kier molecular flexibility index (Phi) is 3.37. The van der Waals surface area contributed by atoms with Crippen LogP contribution in [0.2, 0.25) is 0 Å². The van der Waals surface area contributed by atoms with Crippen LogP contribution in [0, 0.1) is 0 Å². The maximum atomic E-state index is 6.22. The molecule has 0 aliphatic carbocycles. The number of nitrogens with two attached hydrogens (primary N) is 1. The van der Waals surface area contributed by atoms with Gasteiger partial charge in [-0.1, -0.05) is 15.9 Å². The maximum absolute atomic E-state index is 6.22. The van der Waals surface area contributed by atoms with Gasteiger partial charge in [-0.05, 0) is 29.7 Å². The predicted octanol–water partition coefficient (Wildman–Crippen LogP) is 3.08. The molecule has 18 heavy (non-hydrogen) atoms. The molecule has 0 spiro atoms. The van der Waals surface area contributed by atoms with Crippen molar-refractivity contribution < 1.29 is 4.74 Å². The Morgan fingerprint density at radius 3 is 3.17 bits per heavy atom. The molecule has 0 bridgehead atoms. The number of ether oxygens (including phenoxy) is 1. The first-order chi connectivity index (χ1) is 8.74. The van der Waals surface area contributed by atoms with Gasteiger partial charge < -0.3 is 10.5 Å². The van der Waals surface area contributed by atoms with Gasteiger partial charge in [0.25, 0.3) is 0 Å². The van der Waals surface area contributed by atoms with E-state index in [9.17, 15) is 0 Å². The molecule has 0 saturated heterocycles. The Balaban J connectivity index is 1.89. The molecule has 1 aromatic heterocycles. The second kappa shape index (κ2) is 4.99. The average molecular weight is 325 g/mol. The molecule has 0 saturated carbocycles. The summed E-state index contributed by atoms with van der Waals surface area (Å²) in [6.07, 6.45) is 3.61. The number of nitrogens with zero attached hydrogens (tertiary/aromatic N) is 1. The molecule has 5 heteroatoms. The third-order valence-corrected chi connectivity index (χ3v) is 4.45. The van der Waals surface area contributed by atoms with E-state index >= 15 is 0 Å². The van der Waals surface area contributed by atoms with Crippen molar-refractivity contribution in [3.05, 3.63) is 44.3 Å². The van der Waals surface area contributed by atoms with Gasteiger partial charge in [-0.25, -0.2) is 0 Å². The molecule has 3 nitrogen and oxygen atoms in total. The molecule has 1 unspecified atom stereocenters. The zero-order valence-electron chi connectivity index (χ0n) is 9.73. The van der Waals surface area contributed by atoms with E-state index in [0.717, 1.165) is 34.5 Å². The maximum Gasteiger partial charge on any atom is 0.125 e. The van der Waals surface area contributed by atoms with Gasteiger partial charge in [0, 0.05) is 28.0 Å². The van der Waals surface area contributed by atoms with Crippen molar-refractivity contribution in [3.63, 3.8) is 0 Å². The van der Waals surface area contributed by atoms with Crippen LogP contribution in [0.3, 0.4) is 0 Å². The normalized spacial score (nSPS) is 15.2. The van der Waals surface area contributed by atoms with Crippen LogP contribution in [0.1, 0.15) is 22.0 Å². The third kappa shape index (κ3) is 2.30. The number of rotatable bonds is 3. The highest BCUT2D eigenvalue weighted by molar-refractivity contribution is 9.10. The fourth-order valence-electron chi connectivity index (χ4n) is 2.24. The van der Waals surface area contributed by atoms with Gasteiger partial charge in [0.15, 0.2) is 0 Å². The lowest BCUT2D eigenvalue weighted by atomic mass is 10.0. The third-order valence-electron chi connectivity index (χ3n) is 3.08. The van der Waals surface area contributed by atoms with Gasteiger partial charge in [-0.15, -0.1) is 11.3 Å². The van der Waals surface area contributed by atoms with Gasteiger partial charge >= 0.3 is 0 Å². The Hall–Kier alpha value is -0.910. The number of hydrogen-bond acceptors (Lipinski definition) is 4. The minimum atomic E-state index is -0.0138. The lowest BCUT2D eigenvalue weighted by Crippen LogP contribution is -2.12. The number of hydrogen-bond donors (Lipinski definition) is 1. The van der Waals surface area contributed by atoms with Crippen LogP contribution in [0.15, 0.2) is 28.3 Å². The van der Waals surface area contributed by atoms with Crippen molar-refractivity contribution >= 4 is 27.3 Å². The number of thiazole rings is 1. The number of halogens is 1. The lowest BCUT2D eigenvalue weighted by molar-refractivity contribution is 0.352.